The maximum atomic E-state index is 12.3. The minimum Gasteiger partial charge on any atom is -0.494 e. The summed E-state index contributed by atoms with van der Waals surface area (Å²) in [4.78, 5) is 24.5. The Hall–Kier alpha value is -3.02. The molecule has 0 N–H and O–H groups in total. The van der Waals surface area contributed by atoms with Gasteiger partial charge in [-0.1, -0.05) is 84.5 Å². The molecule has 0 spiro atoms. The number of carbonyl (C=O) groups excluding carboxylic acids is 1. The first kappa shape index (κ1) is 30.2. The average Bonchev–Trinajstić information content (AvgIpc) is 3.08. The van der Waals surface area contributed by atoms with Crippen molar-refractivity contribution in [1.29, 1.82) is 0 Å². The highest BCUT2D eigenvalue weighted by Crippen LogP contribution is 2.22. The van der Waals surface area contributed by atoms with Crippen LogP contribution in [-0.4, -0.2) is 12.6 Å². The minimum atomic E-state index is -0.376. The summed E-state index contributed by atoms with van der Waals surface area (Å²) in [5, 5.41) is 8.45. The molecule has 0 aliphatic carbocycles. The number of ether oxygens (including phenoxy) is 2. The molecule has 2 aromatic rings. The van der Waals surface area contributed by atoms with Crippen LogP contribution < -0.4 is 14.9 Å². The summed E-state index contributed by atoms with van der Waals surface area (Å²) in [5.74, 6) is 0.456. The fourth-order valence-corrected chi connectivity index (χ4v) is 3.89. The molecule has 0 atom stereocenters. The Morgan fingerprint density at radius 2 is 1.16 bits per heavy atom. The molecule has 0 heterocycles. The van der Waals surface area contributed by atoms with Crippen LogP contribution in [0.25, 0.3) is 0 Å². The van der Waals surface area contributed by atoms with Gasteiger partial charge in [-0.05, 0) is 61.4 Å². The van der Waals surface area contributed by atoms with E-state index < -0.39 is 0 Å². The molecular weight excluding hydrogens is 464 g/mol. The molecule has 0 fully saturated rings. The lowest BCUT2D eigenvalue weighted by molar-refractivity contribution is -0.134. The molecule has 0 aliphatic rings. The molecule has 0 aromatic heterocycles. The van der Waals surface area contributed by atoms with Crippen LogP contribution in [0.1, 0.15) is 104 Å². The van der Waals surface area contributed by atoms with Gasteiger partial charge in [0.1, 0.15) is 5.75 Å². The van der Waals surface area contributed by atoms with Gasteiger partial charge in [0.05, 0.1) is 18.0 Å². The molecule has 0 saturated carbocycles. The Morgan fingerprint density at radius 3 is 1.78 bits per heavy atom. The molecule has 0 aliphatic heterocycles. The Bertz CT molecular complexity index is 989. The zero-order valence-electron chi connectivity index (χ0n) is 22.8. The van der Waals surface area contributed by atoms with Gasteiger partial charge >= 0.3 is 5.97 Å². The van der Waals surface area contributed by atoms with Gasteiger partial charge in [-0.3, -0.25) is 9.59 Å². The Labute approximate surface area is 222 Å². The normalized spacial score (nSPS) is 11.1. The molecular formula is C31H44N2O4. The highest BCUT2D eigenvalue weighted by atomic mass is 16.5. The maximum absolute atomic E-state index is 12.3. The molecule has 2 rings (SSSR count). The Kier molecular flexibility index (Phi) is 15.6. The third-order valence-corrected chi connectivity index (χ3v) is 6.15. The number of rotatable bonds is 19. The second-order valence-electron chi connectivity index (χ2n) is 9.48. The van der Waals surface area contributed by atoms with Gasteiger partial charge in [-0.25, -0.2) is 0 Å². The first-order chi connectivity index (χ1) is 18.1. The van der Waals surface area contributed by atoms with Crippen molar-refractivity contribution < 1.29 is 14.3 Å². The highest BCUT2D eigenvalue weighted by molar-refractivity contribution is 5.72. The lowest BCUT2D eigenvalue weighted by Gasteiger charge is -2.06. The fraction of sp³-hybridized carbons (Fsp3) is 0.548. The fourth-order valence-electron chi connectivity index (χ4n) is 3.89. The van der Waals surface area contributed by atoms with E-state index in [1.807, 2.05) is 24.3 Å². The van der Waals surface area contributed by atoms with E-state index in [-0.39, 0.29) is 17.1 Å². The molecule has 0 amide bonds. The number of azo groups is 1. The predicted molar refractivity (Wildman–Crippen MR) is 150 cm³/mol. The number of benzene rings is 1. The van der Waals surface area contributed by atoms with Crippen molar-refractivity contribution in [2.24, 2.45) is 10.2 Å². The summed E-state index contributed by atoms with van der Waals surface area (Å²) in [7, 11) is 0. The van der Waals surface area contributed by atoms with E-state index in [0.717, 1.165) is 38.0 Å². The van der Waals surface area contributed by atoms with E-state index in [9.17, 15) is 9.59 Å². The standard InChI is InChI=1S/C31H44N2O4/c1-3-5-7-9-11-12-14-16-31(35)37-30-24-20-27(19-23-29(30)34)33-32-26-17-21-28(22-18-26)36-25-15-13-10-8-6-4-2/h17-24H,3-16,25H2,1-2H3. The quantitative estimate of drug-likeness (QED) is 0.108. The lowest BCUT2D eigenvalue weighted by Crippen LogP contribution is -2.12. The van der Waals surface area contributed by atoms with Gasteiger partial charge in [-0.15, -0.1) is 0 Å². The summed E-state index contributed by atoms with van der Waals surface area (Å²) in [6.45, 7) is 5.14. The number of hydrogen-bond donors (Lipinski definition) is 0. The van der Waals surface area contributed by atoms with Crippen molar-refractivity contribution in [3.8, 4) is 11.5 Å². The van der Waals surface area contributed by atoms with Crippen LogP contribution in [0.4, 0.5) is 11.4 Å². The summed E-state index contributed by atoms with van der Waals surface area (Å²) < 4.78 is 11.1. The van der Waals surface area contributed by atoms with Crippen LogP contribution in [0.2, 0.25) is 0 Å². The van der Waals surface area contributed by atoms with E-state index in [1.54, 1.807) is 12.1 Å². The number of nitrogens with zero attached hydrogens (tertiary/aromatic N) is 2. The lowest BCUT2D eigenvalue weighted by atomic mass is 10.1. The SMILES string of the molecule is CCCCCCCCCC(=O)Oc1ccc(N=Nc2ccc(OCCCCCCCC)cc2)ccc1=O. The monoisotopic (exact) mass is 508 g/mol. The topological polar surface area (TPSA) is 77.3 Å². The van der Waals surface area contributed by atoms with Crippen molar-refractivity contribution in [1.82, 2.24) is 0 Å². The zero-order valence-corrected chi connectivity index (χ0v) is 22.8. The summed E-state index contributed by atoms with van der Waals surface area (Å²) >= 11 is 0. The van der Waals surface area contributed by atoms with Crippen molar-refractivity contribution in [3.05, 3.63) is 58.8 Å². The molecule has 37 heavy (non-hydrogen) atoms. The number of unbranched alkanes of at least 4 members (excludes halogenated alkanes) is 11. The highest BCUT2D eigenvalue weighted by Gasteiger charge is 2.07. The minimum absolute atomic E-state index is 0.0151. The van der Waals surface area contributed by atoms with Crippen molar-refractivity contribution >= 4 is 17.3 Å². The van der Waals surface area contributed by atoms with Crippen LogP contribution in [0.15, 0.2) is 63.6 Å². The third kappa shape index (κ3) is 13.7. The second kappa shape index (κ2) is 19.1. The molecule has 6 heteroatoms. The summed E-state index contributed by atoms with van der Waals surface area (Å²) in [6, 6.07) is 13.5. The average molecular weight is 509 g/mol. The van der Waals surface area contributed by atoms with Crippen LogP contribution in [0.5, 0.6) is 11.5 Å². The Morgan fingerprint density at radius 1 is 0.649 bits per heavy atom. The first-order valence-corrected chi connectivity index (χ1v) is 14.1. The van der Waals surface area contributed by atoms with E-state index in [2.05, 4.69) is 24.1 Å². The van der Waals surface area contributed by atoms with E-state index >= 15 is 0 Å². The molecule has 2 aromatic carbocycles. The van der Waals surface area contributed by atoms with Crippen LogP contribution in [0.3, 0.4) is 0 Å². The van der Waals surface area contributed by atoms with Crippen molar-refractivity contribution in [2.75, 3.05) is 6.61 Å². The van der Waals surface area contributed by atoms with Gasteiger partial charge in [-0.2, -0.15) is 10.2 Å². The van der Waals surface area contributed by atoms with Gasteiger partial charge < -0.3 is 9.47 Å². The van der Waals surface area contributed by atoms with Crippen LogP contribution in [0, 0.1) is 0 Å². The van der Waals surface area contributed by atoms with Crippen molar-refractivity contribution in [3.63, 3.8) is 0 Å². The van der Waals surface area contributed by atoms with Gasteiger partial charge in [0, 0.05) is 6.42 Å². The molecule has 0 unspecified atom stereocenters. The molecule has 6 nitrogen and oxygen atoms in total. The maximum Gasteiger partial charge on any atom is 0.311 e. The van der Waals surface area contributed by atoms with Crippen molar-refractivity contribution in [2.45, 2.75) is 104 Å². The molecule has 202 valence electrons. The van der Waals surface area contributed by atoms with Crippen LogP contribution in [-0.2, 0) is 4.79 Å². The Balaban J connectivity index is 1.77. The smallest absolute Gasteiger partial charge is 0.311 e. The third-order valence-electron chi connectivity index (χ3n) is 6.15. The zero-order chi connectivity index (χ0) is 26.6. The number of esters is 1. The van der Waals surface area contributed by atoms with E-state index in [4.69, 9.17) is 9.47 Å². The first-order valence-electron chi connectivity index (χ1n) is 14.1. The molecule has 0 saturated heterocycles. The summed E-state index contributed by atoms with van der Waals surface area (Å²) in [6.07, 6.45) is 15.6. The predicted octanol–water partition coefficient (Wildman–Crippen LogP) is 9.25. The van der Waals surface area contributed by atoms with E-state index in [1.165, 1.54) is 69.9 Å². The van der Waals surface area contributed by atoms with E-state index in [0.29, 0.717) is 17.8 Å². The second-order valence-corrected chi connectivity index (χ2v) is 9.48. The van der Waals surface area contributed by atoms with Gasteiger partial charge in [0.25, 0.3) is 0 Å². The van der Waals surface area contributed by atoms with Gasteiger partial charge in [0.2, 0.25) is 5.43 Å². The van der Waals surface area contributed by atoms with Gasteiger partial charge in [0.15, 0.2) is 5.75 Å². The molecule has 0 bridgehead atoms. The largest absolute Gasteiger partial charge is 0.494 e. The molecule has 0 radical (unpaired) electrons. The number of hydrogen-bond acceptors (Lipinski definition) is 6. The number of carbonyl (C=O) groups is 1. The van der Waals surface area contributed by atoms with Crippen LogP contribution >= 0.6 is 0 Å². The summed E-state index contributed by atoms with van der Waals surface area (Å²) in [5.41, 5.74) is 0.818.